The number of aromatic nitrogens is 3. The summed E-state index contributed by atoms with van der Waals surface area (Å²) in [6.45, 7) is 1.80. The summed E-state index contributed by atoms with van der Waals surface area (Å²) in [6.07, 6.45) is 4.64. The van der Waals surface area contributed by atoms with E-state index in [1.54, 1.807) is 43.6 Å². The number of nitrogen functional groups attached to an aromatic ring is 1. The van der Waals surface area contributed by atoms with Gasteiger partial charge in [-0.1, -0.05) is 18.2 Å². The van der Waals surface area contributed by atoms with Crippen LogP contribution in [0.2, 0.25) is 0 Å². The molecule has 0 atom stereocenters. The SMILES string of the molecule is Cc1nc(N)ncc1-c1cncc(NS(=O)(=O)c2ccccc2)c1. The highest BCUT2D eigenvalue weighted by Crippen LogP contribution is 2.24. The molecule has 1 aromatic carbocycles. The fourth-order valence-electron chi connectivity index (χ4n) is 2.23. The summed E-state index contributed by atoms with van der Waals surface area (Å²) in [7, 11) is -3.67. The zero-order chi connectivity index (χ0) is 17.2. The molecule has 122 valence electrons. The average Bonchev–Trinajstić information content (AvgIpc) is 2.55. The van der Waals surface area contributed by atoms with Crippen LogP contribution in [0.25, 0.3) is 11.1 Å². The molecular formula is C16H15N5O2S. The van der Waals surface area contributed by atoms with Crippen molar-refractivity contribution in [2.45, 2.75) is 11.8 Å². The third kappa shape index (κ3) is 3.33. The lowest BCUT2D eigenvalue weighted by Crippen LogP contribution is -2.13. The molecule has 0 spiro atoms. The van der Waals surface area contributed by atoms with Crippen molar-refractivity contribution in [2.24, 2.45) is 0 Å². The second-order valence-corrected chi connectivity index (χ2v) is 6.79. The first-order chi connectivity index (χ1) is 11.5. The summed E-state index contributed by atoms with van der Waals surface area (Å²) in [5, 5.41) is 0. The number of hydrogen-bond donors (Lipinski definition) is 2. The number of hydrogen-bond acceptors (Lipinski definition) is 6. The van der Waals surface area contributed by atoms with Crippen LogP contribution in [-0.2, 0) is 10.0 Å². The van der Waals surface area contributed by atoms with Gasteiger partial charge in [0.15, 0.2) is 0 Å². The molecule has 0 fully saturated rings. The molecule has 8 heteroatoms. The molecule has 3 rings (SSSR count). The van der Waals surface area contributed by atoms with Gasteiger partial charge in [0.1, 0.15) is 0 Å². The lowest BCUT2D eigenvalue weighted by molar-refractivity contribution is 0.601. The molecule has 0 radical (unpaired) electrons. The molecule has 0 aliphatic carbocycles. The van der Waals surface area contributed by atoms with Gasteiger partial charge in [-0.3, -0.25) is 9.71 Å². The maximum atomic E-state index is 12.4. The summed E-state index contributed by atoms with van der Waals surface area (Å²) in [6, 6.07) is 9.81. The Kier molecular flexibility index (Phi) is 4.13. The maximum absolute atomic E-state index is 12.4. The summed E-state index contributed by atoms with van der Waals surface area (Å²) in [4.78, 5) is 12.3. The second-order valence-electron chi connectivity index (χ2n) is 5.11. The first-order valence-electron chi connectivity index (χ1n) is 7.08. The van der Waals surface area contributed by atoms with Crippen LogP contribution in [-0.4, -0.2) is 23.4 Å². The maximum Gasteiger partial charge on any atom is 0.261 e. The van der Waals surface area contributed by atoms with Crippen LogP contribution in [0.4, 0.5) is 11.6 Å². The molecule has 0 aliphatic heterocycles. The fraction of sp³-hybridized carbons (Fsp3) is 0.0625. The number of nitrogens with one attached hydrogen (secondary N) is 1. The molecule has 0 amide bonds. The van der Waals surface area contributed by atoms with Crippen molar-refractivity contribution < 1.29 is 8.42 Å². The molecule has 3 N–H and O–H groups in total. The first-order valence-corrected chi connectivity index (χ1v) is 8.56. The zero-order valence-corrected chi connectivity index (χ0v) is 13.7. The van der Waals surface area contributed by atoms with Crippen LogP contribution >= 0.6 is 0 Å². The summed E-state index contributed by atoms with van der Waals surface area (Å²) < 4.78 is 27.3. The Morgan fingerprint density at radius 1 is 1.08 bits per heavy atom. The third-order valence-electron chi connectivity index (χ3n) is 3.35. The number of benzene rings is 1. The number of aryl methyl sites for hydroxylation is 1. The Balaban J connectivity index is 1.94. The molecule has 0 aliphatic rings. The van der Waals surface area contributed by atoms with E-state index in [1.807, 2.05) is 0 Å². The highest BCUT2D eigenvalue weighted by Gasteiger charge is 2.14. The first kappa shape index (κ1) is 15.9. The molecule has 24 heavy (non-hydrogen) atoms. The van der Waals surface area contributed by atoms with Crippen molar-refractivity contribution in [3.63, 3.8) is 0 Å². The van der Waals surface area contributed by atoms with Crippen LogP contribution in [0.15, 0.2) is 59.9 Å². The van der Waals surface area contributed by atoms with Gasteiger partial charge in [-0.25, -0.2) is 18.4 Å². The van der Waals surface area contributed by atoms with E-state index >= 15 is 0 Å². The number of rotatable bonds is 4. The summed E-state index contributed by atoms with van der Waals surface area (Å²) in [5.41, 5.74) is 8.02. The molecule has 2 aromatic heterocycles. The summed E-state index contributed by atoms with van der Waals surface area (Å²) >= 11 is 0. The van der Waals surface area contributed by atoms with E-state index in [-0.39, 0.29) is 10.8 Å². The molecule has 0 bridgehead atoms. The van der Waals surface area contributed by atoms with Crippen LogP contribution in [0, 0.1) is 6.92 Å². The Morgan fingerprint density at radius 3 is 2.54 bits per heavy atom. The fourth-order valence-corrected chi connectivity index (χ4v) is 3.28. The van der Waals surface area contributed by atoms with E-state index in [4.69, 9.17) is 5.73 Å². The van der Waals surface area contributed by atoms with Crippen molar-refractivity contribution in [3.8, 4) is 11.1 Å². The van der Waals surface area contributed by atoms with Crippen molar-refractivity contribution in [1.82, 2.24) is 15.0 Å². The molecule has 0 unspecified atom stereocenters. The van der Waals surface area contributed by atoms with Gasteiger partial charge in [-0.05, 0) is 25.1 Å². The third-order valence-corrected chi connectivity index (χ3v) is 4.75. The number of anilines is 2. The lowest BCUT2D eigenvalue weighted by atomic mass is 10.1. The predicted octanol–water partition coefficient (Wildman–Crippen LogP) is 2.23. The zero-order valence-electron chi connectivity index (χ0n) is 12.8. The van der Waals surface area contributed by atoms with Crippen molar-refractivity contribution in [2.75, 3.05) is 10.5 Å². The van der Waals surface area contributed by atoms with Gasteiger partial charge in [0, 0.05) is 23.5 Å². The Morgan fingerprint density at radius 2 is 1.83 bits per heavy atom. The normalized spacial score (nSPS) is 11.2. The van der Waals surface area contributed by atoms with Crippen molar-refractivity contribution >= 4 is 21.7 Å². The Hall–Kier alpha value is -3.00. The molecule has 0 saturated heterocycles. The molecule has 0 saturated carbocycles. The Labute approximate surface area is 139 Å². The van der Waals surface area contributed by atoms with Gasteiger partial charge >= 0.3 is 0 Å². The highest BCUT2D eigenvalue weighted by atomic mass is 32.2. The van der Waals surface area contributed by atoms with Gasteiger partial charge in [0.25, 0.3) is 10.0 Å². The van der Waals surface area contributed by atoms with E-state index in [1.165, 1.54) is 18.3 Å². The predicted molar refractivity (Wildman–Crippen MR) is 91.7 cm³/mol. The minimum Gasteiger partial charge on any atom is -0.368 e. The van der Waals surface area contributed by atoms with E-state index in [2.05, 4.69) is 19.7 Å². The van der Waals surface area contributed by atoms with Gasteiger partial charge in [0.2, 0.25) is 5.95 Å². The highest BCUT2D eigenvalue weighted by molar-refractivity contribution is 7.92. The Bertz CT molecular complexity index is 975. The average molecular weight is 341 g/mol. The number of nitrogens with two attached hydrogens (primary N) is 1. The van der Waals surface area contributed by atoms with E-state index in [0.29, 0.717) is 16.9 Å². The van der Waals surface area contributed by atoms with Gasteiger partial charge in [0.05, 0.1) is 22.5 Å². The smallest absolute Gasteiger partial charge is 0.261 e. The van der Waals surface area contributed by atoms with Crippen molar-refractivity contribution in [1.29, 1.82) is 0 Å². The minimum atomic E-state index is -3.67. The largest absolute Gasteiger partial charge is 0.368 e. The van der Waals surface area contributed by atoms with Crippen LogP contribution in [0.1, 0.15) is 5.69 Å². The van der Waals surface area contributed by atoms with Gasteiger partial charge < -0.3 is 5.73 Å². The number of nitrogens with zero attached hydrogens (tertiary/aromatic N) is 3. The lowest BCUT2D eigenvalue weighted by Gasteiger charge is -2.10. The molecule has 7 nitrogen and oxygen atoms in total. The molecular weight excluding hydrogens is 326 g/mol. The van der Waals surface area contributed by atoms with E-state index in [9.17, 15) is 8.42 Å². The number of pyridine rings is 1. The van der Waals surface area contributed by atoms with Crippen LogP contribution < -0.4 is 10.5 Å². The van der Waals surface area contributed by atoms with Gasteiger partial charge in [-0.15, -0.1) is 0 Å². The van der Waals surface area contributed by atoms with E-state index in [0.717, 1.165) is 5.56 Å². The van der Waals surface area contributed by atoms with Gasteiger partial charge in [-0.2, -0.15) is 0 Å². The van der Waals surface area contributed by atoms with E-state index < -0.39 is 10.0 Å². The van der Waals surface area contributed by atoms with Crippen molar-refractivity contribution in [3.05, 3.63) is 60.7 Å². The standard InChI is InChI=1S/C16H15N5O2S/c1-11-15(10-19-16(17)20-11)12-7-13(9-18-8-12)21-24(22,23)14-5-3-2-4-6-14/h2-10,21H,1H3,(H2,17,19,20). The van der Waals surface area contributed by atoms with Crippen LogP contribution in [0.3, 0.4) is 0 Å². The molecule has 3 aromatic rings. The topological polar surface area (TPSA) is 111 Å². The summed E-state index contributed by atoms with van der Waals surface area (Å²) in [5.74, 6) is 0.185. The monoisotopic (exact) mass is 341 g/mol. The quantitative estimate of drug-likeness (QED) is 0.753. The minimum absolute atomic E-state index is 0.183. The molecule has 2 heterocycles. The number of sulfonamides is 1. The second kappa shape index (κ2) is 6.25. The van der Waals surface area contributed by atoms with Crippen LogP contribution in [0.5, 0.6) is 0 Å².